The van der Waals surface area contributed by atoms with Gasteiger partial charge < -0.3 is 79.2 Å². The number of benzene rings is 5. The third-order valence-corrected chi connectivity index (χ3v) is 18.8. The van der Waals surface area contributed by atoms with Gasteiger partial charge in [0.05, 0.1) is 13.0 Å². The van der Waals surface area contributed by atoms with E-state index in [1.165, 1.54) is 28.4 Å². The predicted octanol–water partition coefficient (Wildman–Crippen LogP) is 3.08. The van der Waals surface area contributed by atoms with Gasteiger partial charge in [0.1, 0.15) is 67.4 Å². The fraction of sp³-hybridized carbons (Fsp3) is 0.408. The molecule has 30 heteroatoms. The smallest absolute Gasteiger partial charge is 0.407 e. The first-order valence-electron chi connectivity index (χ1n) is 33.0. The van der Waals surface area contributed by atoms with Crippen molar-refractivity contribution in [3.63, 3.8) is 0 Å². The third kappa shape index (κ3) is 28.1. The molecular weight excluding hydrogens is 1360 g/mol. The van der Waals surface area contributed by atoms with Crippen LogP contribution in [-0.2, 0) is 88.6 Å². The number of primary amides is 3. The Bertz CT molecular complexity index is 3590. The lowest BCUT2D eigenvalue weighted by atomic mass is 9.96. The molecule has 1 aliphatic heterocycles. The molecule has 12 amide bonds. The van der Waals surface area contributed by atoms with Crippen molar-refractivity contribution in [2.45, 2.75) is 145 Å². The summed E-state index contributed by atoms with van der Waals surface area (Å²) in [4.78, 5) is 165. The molecule has 0 aliphatic carbocycles. The molecule has 101 heavy (non-hydrogen) atoms. The molecule has 1 aliphatic rings. The predicted molar refractivity (Wildman–Crippen MR) is 381 cm³/mol. The molecule has 0 unspecified atom stereocenters. The Balaban J connectivity index is 1.18. The first-order chi connectivity index (χ1) is 48.5. The molecule has 1 fully saturated rings. The van der Waals surface area contributed by atoms with Crippen molar-refractivity contribution >= 4 is 106 Å². The Kier molecular flexibility index (Phi) is 33.7. The van der Waals surface area contributed by atoms with E-state index in [-0.39, 0.29) is 69.9 Å². The van der Waals surface area contributed by atoms with E-state index in [4.69, 9.17) is 38.3 Å². The van der Waals surface area contributed by atoms with Crippen LogP contribution >= 0.6 is 35.1 Å². The zero-order valence-corrected chi connectivity index (χ0v) is 58.6. The number of likely N-dealkylation sites (tertiary alicyclic amines) is 1. The molecular formula is C71H89ClN12O15S2. The van der Waals surface area contributed by atoms with Crippen LogP contribution in [0.5, 0.6) is 5.75 Å². The van der Waals surface area contributed by atoms with Crippen LogP contribution in [0.1, 0.15) is 93.0 Å². The van der Waals surface area contributed by atoms with Gasteiger partial charge in [-0.05, 0) is 78.5 Å². The van der Waals surface area contributed by atoms with E-state index in [0.717, 1.165) is 16.7 Å². The van der Waals surface area contributed by atoms with Gasteiger partial charge >= 0.3 is 6.09 Å². The number of alkyl carbamates (subject to hydrolysis) is 1. The van der Waals surface area contributed by atoms with Crippen LogP contribution in [0.3, 0.4) is 0 Å². The summed E-state index contributed by atoms with van der Waals surface area (Å²) in [6, 6.07) is 31.4. The van der Waals surface area contributed by atoms with E-state index < -0.39 is 151 Å². The lowest BCUT2D eigenvalue weighted by Crippen LogP contribution is -2.61. The number of nitrogens with two attached hydrogens (primary N) is 3. The summed E-state index contributed by atoms with van der Waals surface area (Å²) < 4.78 is 11.2. The van der Waals surface area contributed by atoms with Crippen LogP contribution in [0.2, 0.25) is 5.02 Å². The highest BCUT2D eigenvalue weighted by molar-refractivity contribution is 7.98. The van der Waals surface area contributed by atoms with Crippen molar-refractivity contribution in [2.24, 2.45) is 23.1 Å². The topological polar surface area (TPSA) is 421 Å². The van der Waals surface area contributed by atoms with Crippen LogP contribution in [0.4, 0.5) is 4.79 Å². The van der Waals surface area contributed by atoms with Crippen molar-refractivity contribution in [2.75, 3.05) is 31.1 Å². The monoisotopic (exact) mass is 1450 g/mol. The molecule has 0 radical (unpaired) electrons. The summed E-state index contributed by atoms with van der Waals surface area (Å²) >= 11 is 8.72. The lowest BCUT2D eigenvalue weighted by Gasteiger charge is -2.31. The summed E-state index contributed by atoms with van der Waals surface area (Å²) in [6.07, 6.45) is -3.49. The average Bonchev–Trinajstić information content (AvgIpc) is 1.75. The lowest BCUT2D eigenvalue weighted by molar-refractivity contribution is -0.142. The molecule has 15 N–H and O–H groups in total. The molecule has 0 aromatic heterocycles. The molecule has 9 atom stereocenters. The number of hydrogen-bond acceptors (Lipinski definition) is 17. The highest BCUT2D eigenvalue weighted by atomic mass is 35.5. The van der Waals surface area contributed by atoms with Crippen LogP contribution in [0.25, 0.3) is 0 Å². The second kappa shape index (κ2) is 42.4. The minimum absolute atomic E-state index is 0.0102. The maximum absolute atomic E-state index is 14.9. The van der Waals surface area contributed by atoms with Gasteiger partial charge in [0, 0.05) is 59.5 Å². The number of carbonyl (C=O) groups excluding carboxylic acids is 12. The molecule has 1 heterocycles. The summed E-state index contributed by atoms with van der Waals surface area (Å²) in [5.41, 5.74) is 20.4. The number of thioether (sulfide) groups is 2. The fourth-order valence-corrected chi connectivity index (χ4v) is 12.6. The average molecular weight is 1450 g/mol. The van der Waals surface area contributed by atoms with E-state index in [1.54, 1.807) is 62.4 Å². The van der Waals surface area contributed by atoms with Crippen LogP contribution in [0.15, 0.2) is 140 Å². The number of nitrogens with zero attached hydrogens (tertiary/aromatic N) is 1. The third-order valence-electron chi connectivity index (χ3n) is 16.3. The van der Waals surface area contributed by atoms with E-state index in [0.29, 0.717) is 39.8 Å². The minimum Gasteiger partial charge on any atom is -0.489 e. The highest BCUT2D eigenvalue weighted by Crippen LogP contribution is 2.24. The number of aliphatic hydroxyl groups excluding tert-OH is 1. The standard InChI is InChI=1S/C71H89ClN12O15S2/c1-3-44(2)62(83-66(92)54(81-68(94)58(85)43-101-41-48-21-11-6-12-22-48)35-45-27-29-50(30-28-45)98-38-46-17-7-4-8-18-46)69(95)79-53(31-32-59(73)86)64(90)80-55(36-60(74)87)65(91)82-56(42-100-40-47-19-9-5-10-20-47)70(96)84-34-16-26-57(84)67(93)78-52(63(89)77-37-61(75)88)25-15-33-76-71(97)99-39-49-23-13-14-24-51(49)72/h4-14,17-24,27-30,44,52-58,62,85H,3,15-16,25-26,31-43H2,1-2H3,(H2,73,86)(H2,74,87)(H2,75,88)(H,76,97)(H,77,89)(H,78,93)(H,79,95)(H,80,90)(H,81,94)(H,82,91)(H,83,92)/t44-,52-,53-,54-,55-,56-,57-,58+,62-/m0/s1. The Labute approximate surface area is 599 Å². The number of rotatable bonds is 42. The quantitative estimate of drug-likeness (QED) is 0.0250. The Morgan fingerprint density at radius 3 is 1.75 bits per heavy atom. The normalized spacial score (nSPS) is 14.9. The number of nitrogens with one attached hydrogen (secondary N) is 8. The molecule has 1 saturated heterocycles. The van der Waals surface area contributed by atoms with Crippen molar-refractivity contribution in [3.8, 4) is 5.75 Å². The van der Waals surface area contributed by atoms with Crippen molar-refractivity contribution in [1.29, 1.82) is 0 Å². The first-order valence-corrected chi connectivity index (χ1v) is 35.7. The fourth-order valence-electron chi connectivity index (χ4n) is 10.5. The van der Waals surface area contributed by atoms with Crippen molar-refractivity contribution in [1.82, 2.24) is 47.4 Å². The van der Waals surface area contributed by atoms with E-state index in [2.05, 4.69) is 42.5 Å². The largest absolute Gasteiger partial charge is 0.489 e. The number of carbonyl (C=O) groups is 12. The summed E-state index contributed by atoms with van der Waals surface area (Å²) in [7, 11) is 0. The van der Waals surface area contributed by atoms with Gasteiger partial charge in [-0.25, -0.2) is 4.79 Å². The number of halogens is 1. The molecule has 542 valence electrons. The van der Waals surface area contributed by atoms with E-state index in [1.807, 2.05) is 91.0 Å². The molecule has 0 spiro atoms. The van der Waals surface area contributed by atoms with E-state index in [9.17, 15) is 62.6 Å². The van der Waals surface area contributed by atoms with Gasteiger partial charge in [-0.1, -0.05) is 153 Å². The Hall–Kier alpha value is -9.71. The van der Waals surface area contributed by atoms with Gasteiger partial charge in [0.15, 0.2) is 0 Å². The number of ether oxygens (including phenoxy) is 2. The Morgan fingerprint density at radius 1 is 0.574 bits per heavy atom. The van der Waals surface area contributed by atoms with Crippen molar-refractivity contribution in [3.05, 3.63) is 172 Å². The van der Waals surface area contributed by atoms with Gasteiger partial charge in [-0.2, -0.15) is 23.5 Å². The molecule has 27 nitrogen and oxygen atoms in total. The highest BCUT2D eigenvalue weighted by Gasteiger charge is 2.41. The zero-order valence-electron chi connectivity index (χ0n) is 56.2. The number of hydrogen-bond donors (Lipinski definition) is 12. The van der Waals surface area contributed by atoms with Gasteiger partial charge in [0.2, 0.25) is 65.0 Å². The van der Waals surface area contributed by atoms with Crippen LogP contribution in [0, 0.1) is 5.92 Å². The van der Waals surface area contributed by atoms with Crippen molar-refractivity contribution < 1.29 is 72.1 Å². The van der Waals surface area contributed by atoms with Crippen LogP contribution in [-0.4, -0.2) is 161 Å². The number of amides is 12. The molecule has 5 aromatic rings. The molecule has 0 saturated carbocycles. The van der Waals surface area contributed by atoms with Gasteiger partial charge in [0.25, 0.3) is 0 Å². The summed E-state index contributed by atoms with van der Waals surface area (Å²) in [5.74, 6) is -9.39. The molecule has 6 rings (SSSR count). The SMILES string of the molecule is CC[C@H](C)[C@H](NC(=O)[C@H](Cc1ccc(OCc2ccccc2)cc1)NC(=O)[C@H](O)CSCc1ccccc1)C(=O)N[C@@H](CCC(N)=O)C(=O)N[C@@H](CC(N)=O)C(=O)N[C@@H](CSCc1ccccc1)C(=O)N1CCC[C@H]1C(=O)N[C@@H](CCCNC(=O)OCc1ccccc1Cl)C(=O)NCC(N)=O. The Morgan fingerprint density at radius 2 is 1.14 bits per heavy atom. The summed E-state index contributed by atoms with van der Waals surface area (Å²) in [5, 5.41) is 32.2. The molecule has 5 aromatic carbocycles. The van der Waals surface area contributed by atoms with Crippen LogP contribution < -0.4 is 64.5 Å². The van der Waals surface area contributed by atoms with E-state index >= 15 is 0 Å². The number of aliphatic hydroxyl groups is 1. The maximum Gasteiger partial charge on any atom is 0.407 e. The van der Waals surface area contributed by atoms with Gasteiger partial charge in [-0.15, -0.1) is 0 Å². The van der Waals surface area contributed by atoms with Gasteiger partial charge in [-0.3, -0.25) is 52.7 Å². The first kappa shape index (κ1) is 80.3. The summed E-state index contributed by atoms with van der Waals surface area (Å²) in [6.45, 7) is 3.00. The zero-order chi connectivity index (χ0) is 73.2. The maximum atomic E-state index is 14.9. The minimum atomic E-state index is -1.83. The second-order valence-electron chi connectivity index (χ2n) is 24.1. The second-order valence-corrected chi connectivity index (χ2v) is 26.6. The molecule has 0 bridgehead atoms.